The molecule has 0 aliphatic carbocycles. The van der Waals surface area contributed by atoms with Gasteiger partial charge in [0.15, 0.2) is 0 Å². The molecule has 0 aromatic heterocycles. The van der Waals surface area contributed by atoms with Gasteiger partial charge >= 0.3 is 0 Å². The number of hydrogen-bond acceptors (Lipinski definition) is 2. The summed E-state index contributed by atoms with van der Waals surface area (Å²) in [5, 5.41) is 0. The van der Waals surface area contributed by atoms with Crippen LogP contribution in [0.2, 0.25) is 0 Å². The fourth-order valence-electron chi connectivity index (χ4n) is 1.66. The highest BCUT2D eigenvalue weighted by Crippen LogP contribution is 2.02. The highest BCUT2D eigenvalue weighted by atomic mass is 15.1. The van der Waals surface area contributed by atoms with Crippen molar-refractivity contribution in [1.29, 1.82) is 0 Å². The zero-order valence-corrected chi connectivity index (χ0v) is 10.6. The van der Waals surface area contributed by atoms with Crippen molar-refractivity contribution in [2.45, 2.75) is 39.5 Å². The van der Waals surface area contributed by atoms with Crippen LogP contribution in [-0.2, 0) is 0 Å². The summed E-state index contributed by atoms with van der Waals surface area (Å²) in [5.74, 6) is 0. The van der Waals surface area contributed by atoms with E-state index in [0.29, 0.717) is 0 Å². The minimum Gasteiger partial charge on any atom is -0.309 e. The smallest absolute Gasteiger partial charge is 0.00190 e. The van der Waals surface area contributed by atoms with E-state index < -0.39 is 0 Å². The summed E-state index contributed by atoms with van der Waals surface area (Å²) in [6.07, 6.45) is 5.50. The number of rotatable bonds is 9. The molecule has 2 nitrogen and oxygen atoms in total. The summed E-state index contributed by atoms with van der Waals surface area (Å²) in [7, 11) is 4.30. The monoisotopic (exact) mass is 200 g/mol. The minimum atomic E-state index is 1.20. The molecule has 0 spiro atoms. The van der Waals surface area contributed by atoms with Gasteiger partial charge in [-0.2, -0.15) is 0 Å². The lowest BCUT2D eigenvalue weighted by Crippen LogP contribution is -2.23. The maximum absolute atomic E-state index is 2.51. The van der Waals surface area contributed by atoms with E-state index in [0.717, 1.165) is 0 Å². The molecule has 0 unspecified atom stereocenters. The van der Waals surface area contributed by atoms with Crippen molar-refractivity contribution in [1.82, 2.24) is 9.80 Å². The summed E-state index contributed by atoms with van der Waals surface area (Å²) in [6.45, 7) is 9.42. The van der Waals surface area contributed by atoms with Crippen LogP contribution in [0.4, 0.5) is 0 Å². The maximum Gasteiger partial charge on any atom is -0.00190 e. The van der Waals surface area contributed by atoms with Crippen molar-refractivity contribution in [3.8, 4) is 0 Å². The molecule has 0 bridgehead atoms. The molecule has 0 fully saturated rings. The molecule has 0 heterocycles. The molecule has 0 rings (SSSR count). The molecule has 0 amide bonds. The van der Waals surface area contributed by atoms with Crippen LogP contribution in [0.3, 0.4) is 0 Å². The molecule has 0 aromatic rings. The number of unbranched alkanes of at least 4 members (excludes halogenated alkanes) is 3. The third-order valence-electron chi connectivity index (χ3n) is 2.72. The van der Waals surface area contributed by atoms with Crippen molar-refractivity contribution >= 4 is 0 Å². The van der Waals surface area contributed by atoms with E-state index in [1.54, 1.807) is 0 Å². The molecule has 0 radical (unpaired) electrons. The second-order valence-corrected chi connectivity index (χ2v) is 4.24. The Balaban J connectivity index is 3.12. The zero-order valence-electron chi connectivity index (χ0n) is 10.6. The van der Waals surface area contributed by atoms with E-state index in [1.807, 2.05) is 0 Å². The van der Waals surface area contributed by atoms with Gasteiger partial charge in [0.05, 0.1) is 0 Å². The van der Waals surface area contributed by atoms with Crippen LogP contribution in [0, 0.1) is 0 Å². The quantitative estimate of drug-likeness (QED) is 0.528. The lowest BCUT2D eigenvalue weighted by Gasteiger charge is -2.17. The predicted octanol–water partition coefficient (Wildman–Crippen LogP) is 2.45. The first-order valence-electron chi connectivity index (χ1n) is 6.07. The first kappa shape index (κ1) is 13.9. The summed E-state index contributed by atoms with van der Waals surface area (Å²) >= 11 is 0. The van der Waals surface area contributed by atoms with Crippen molar-refractivity contribution in [2.75, 3.05) is 40.3 Å². The topological polar surface area (TPSA) is 6.48 Å². The first-order valence-corrected chi connectivity index (χ1v) is 6.07. The van der Waals surface area contributed by atoms with Gasteiger partial charge in [-0.3, -0.25) is 0 Å². The molecule has 0 aliphatic heterocycles. The van der Waals surface area contributed by atoms with E-state index in [-0.39, 0.29) is 0 Å². The van der Waals surface area contributed by atoms with Crippen LogP contribution in [-0.4, -0.2) is 50.1 Å². The zero-order chi connectivity index (χ0) is 10.8. The van der Waals surface area contributed by atoms with Gasteiger partial charge in [-0.25, -0.2) is 0 Å². The molecule has 0 saturated heterocycles. The molecule has 2 heteroatoms. The molecular formula is C12H28N2. The second kappa shape index (κ2) is 9.47. The normalized spacial score (nSPS) is 11.6. The Morgan fingerprint density at radius 2 is 1.21 bits per heavy atom. The molecule has 0 N–H and O–H groups in total. The average molecular weight is 200 g/mol. The number of hydrogen-bond donors (Lipinski definition) is 0. The van der Waals surface area contributed by atoms with E-state index in [2.05, 4.69) is 37.7 Å². The summed E-state index contributed by atoms with van der Waals surface area (Å²) in [6, 6.07) is 0. The fourth-order valence-corrected chi connectivity index (χ4v) is 1.66. The third kappa shape index (κ3) is 8.52. The Labute approximate surface area is 90.3 Å². The van der Waals surface area contributed by atoms with Crippen molar-refractivity contribution in [2.24, 2.45) is 0 Å². The largest absolute Gasteiger partial charge is 0.309 e. The van der Waals surface area contributed by atoms with Crippen molar-refractivity contribution in [3.05, 3.63) is 0 Å². The van der Waals surface area contributed by atoms with E-state index in [9.17, 15) is 0 Å². The van der Waals surface area contributed by atoms with Crippen LogP contribution in [0.5, 0.6) is 0 Å². The van der Waals surface area contributed by atoms with Gasteiger partial charge in [0, 0.05) is 0 Å². The SMILES string of the molecule is CCN(CC)CCCCCCN(C)C. The number of nitrogens with zero attached hydrogens (tertiary/aromatic N) is 2. The highest BCUT2D eigenvalue weighted by Gasteiger charge is 1.98. The van der Waals surface area contributed by atoms with Gasteiger partial charge in [-0.05, 0) is 53.1 Å². The third-order valence-corrected chi connectivity index (χ3v) is 2.72. The summed E-state index contributed by atoms with van der Waals surface area (Å²) in [5.41, 5.74) is 0. The molecular weight excluding hydrogens is 172 g/mol. The molecule has 86 valence electrons. The van der Waals surface area contributed by atoms with Gasteiger partial charge in [0.25, 0.3) is 0 Å². The Kier molecular flexibility index (Phi) is 9.42. The Bertz CT molecular complexity index is 109. The van der Waals surface area contributed by atoms with Crippen molar-refractivity contribution in [3.63, 3.8) is 0 Å². The second-order valence-electron chi connectivity index (χ2n) is 4.24. The summed E-state index contributed by atoms with van der Waals surface area (Å²) in [4.78, 5) is 4.77. The van der Waals surface area contributed by atoms with Crippen LogP contribution in [0.1, 0.15) is 39.5 Å². The fraction of sp³-hybridized carbons (Fsp3) is 1.00. The van der Waals surface area contributed by atoms with E-state index in [1.165, 1.54) is 51.9 Å². The van der Waals surface area contributed by atoms with Crippen LogP contribution < -0.4 is 0 Å². The van der Waals surface area contributed by atoms with Gasteiger partial charge in [-0.1, -0.05) is 26.7 Å². The van der Waals surface area contributed by atoms with Gasteiger partial charge in [-0.15, -0.1) is 0 Å². The molecule has 14 heavy (non-hydrogen) atoms. The lowest BCUT2D eigenvalue weighted by atomic mass is 10.2. The molecule has 0 aliphatic rings. The standard InChI is InChI=1S/C12H28N2/c1-5-14(6-2)12-10-8-7-9-11-13(3)4/h5-12H2,1-4H3. The Morgan fingerprint density at radius 1 is 0.714 bits per heavy atom. The highest BCUT2D eigenvalue weighted by molar-refractivity contribution is 4.53. The molecule has 0 saturated carbocycles. The predicted molar refractivity (Wildman–Crippen MR) is 64.8 cm³/mol. The van der Waals surface area contributed by atoms with Crippen LogP contribution in [0.15, 0.2) is 0 Å². The van der Waals surface area contributed by atoms with Gasteiger partial charge in [0.1, 0.15) is 0 Å². The van der Waals surface area contributed by atoms with E-state index >= 15 is 0 Å². The Hall–Kier alpha value is -0.0800. The maximum atomic E-state index is 2.51. The van der Waals surface area contributed by atoms with E-state index in [4.69, 9.17) is 0 Å². The van der Waals surface area contributed by atoms with Crippen LogP contribution >= 0.6 is 0 Å². The minimum absolute atomic E-state index is 1.20. The first-order chi connectivity index (χ1) is 6.70. The Morgan fingerprint density at radius 3 is 1.64 bits per heavy atom. The summed E-state index contributed by atoms with van der Waals surface area (Å²) < 4.78 is 0. The van der Waals surface area contributed by atoms with Crippen molar-refractivity contribution < 1.29 is 0 Å². The molecule has 0 aromatic carbocycles. The van der Waals surface area contributed by atoms with Gasteiger partial charge < -0.3 is 9.80 Å². The average Bonchev–Trinajstić information content (AvgIpc) is 2.16. The van der Waals surface area contributed by atoms with Gasteiger partial charge in [0.2, 0.25) is 0 Å². The lowest BCUT2D eigenvalue weighted by molar-refractivity contribution is 0.293. The van der Waals surface area contributed by atoms with Crippen LogP contribution in [0.25, 0.3) is 0 Å². The molecule has 0 atom stereocenters.